The summed E-state index contributed by atoms with van der Waals surface area (Å²) in [5, 5.41) is 4.37. The zero-order valence-corrected chi connectivity index (χ0v) is 15.1. The molecule has 4 nitrogen and oxygen atoms in total. The van der Waals surface area contributed by atoms with Gasteiger partial charge in [0.15, 0.2) is 0 Å². The van der Waals surface area contributed by atoms with Gasteiger partial charge in [0.2, 0.25) is 5.91 Å². The van der Waals surface area contributed by atoms with Crippen LogP contribution in [0.2, 0.25) is 0 Å². The summed E-state index contributed by atoms with van der Waals surface area (Å²) >= 11 is 6.84. The van der Waals surface area contributed by atoms with Crippen LogP contribution in [0.4, 0.5) is 0 Å². The van der Waals surface area contributed by atoms with Crippen molar-refractivity contribution >= 4 is 37.8 Å². The average Bonchev–Trinajstić information content (AvgIpc) is 2.64. The van der Waals surface area contributed by atoms with Gasteiger partial charge in [-0.05, 0) is 58.5 Å². The first kappa shape index (κ1) is 16.7. The number of aromatic nitrogens is 2. The second kappa shape index (κ2) is 7.43. The van der Waals surface area contributed by atoms with Gasteiger partial charge in [0.25, 0.3) is 0 Å². The molecule has 0 fully saturated rings. The number of amides is 1. The summed E-state index contributed by atoms with van der Waals surface area (Å²) in [6.45, 7) is 9.65. The number of carbonyl (C=O) groups is 1. The van der Waals surface area contributed by atoms with Crippen molar-refractivity contribution in [1.29, 1.82) is 0 Å². The Morgan fingerprint density at radius 2 is 1.84 bits per heavy atom. The number of halogens is 2. The molecular weight excluding hydrogens is 374 g/mol. The summed E-state index contributed by atoms with van der Waals surface area (Å²) in [5.41, 5.74) is 0.959. The molecular formula is C13H21Br2N3O. The number of rotatable bonds is 6. The van der Waals surface area contributed by atoms with Crippen molar-refractivity contribution < 1.29 is 4.79 Å². The molecule has 1 heterocycles. The van der Waals surface area contributed by atoms with Crippen molar-refractivity contribution in [2.75, 3.05) is 13.1 Å². The highest BCUT2D eigenvalue weighted by molar-refractivity contribution is 9.13. The number of hydrogen-bond donors (Lipinski definition) is 0. The van der Waals surface area contributed by atoms with Crippen LogP contribution in [0, 0.1) is 6.92 Å². The van der Waals surface area contributed by atoms with Crippen molar-refractivity contribution in [3.63, 3.8) is 0 Å². The van der Waals surface area contributed by atoms with E-state index in [-0.39, 0.29) is 11.9 Å². The van der Waals surface area contributed by atoms with E-state index in [9.17, 15) is 4.79 Å². The van der Waals surface area contributed by atoms with Gasteiger partial charge >= 0.3 is 0 Å². The van der Waals surface area contributed by atoms with Gasteiger partial charge in [0, 0.05) is 13.1 Å². The molecule has 0 aliphatic rings. The smallest absolute Gasteiger partial charge is 0.247 e. The molecule has 0 spiro atoms. The second-order valence-electron chi connectivity index (χ2n) is 4.64. The maximum absolute atomic E-state index is 12.5. The van der Waals surface area contributed by atoms with Crippen molar-refractivity contribution in [2.45, 2.75) is 46.6 Å². The number of carbonyl (C=O) groups excluding carboxylic acids is 1. The van der Waals surface area contributed by atoms with E-state index in [0.29, 0.717) is 0 Å². The van der Waals surface area contributed by atoms with E-state index in [0.717, 1.165) is 40.7 Å². The molecule has 0 aliphatic carbocycles. The minimum Gasteiger partial charge on any atom is -0.341 e. The Labute approximate surface area is 131 Å². The predicted molar refractivity (Wildman–Crippen MR) is 84.2 cm³/mol. The van der Waals surface area contributed by atoms with Crippen LogP contribution in [0.5, 0.6) is 0 Å². The minimum atomic E-state index is -0.277. The van der Waals surface area contributed by atoms with Gasteiger partial charge in [-0.2, -0.15) is 5.10 Å². The van der Waals surface area contributed by atoms with Crippen LogP contribution in [-0.2, 0) is 4.79 Å². The summed E-state index contributed by atoms with van der Waals surface area (Å²) in [6.07, 6.45) is 1.95. The third kappa shape index (κ3) is 3.81. The Morgan fingerprint density at radius 1 is 1.32 bits per heavy atom. The van der Waals surface area contributed by atoms with Crippen molar-refractivity contribution in [2.24, 2.45) is 0 Å². The number of nitrogens with zero attached hydrogens (tertiary/aromatic N) is 3. The minimum absolute atomic E-state index is 0.134. The first-order valence-corrected chi connectivity index (χ1v) is 8.21. The maximum Gasteiger partial charge on any atom is 0.247 e. The molecule has 0 aliphatic heterocycles. The second-order valence-corrected chi connectivity index (χ2v) is 6.18. The van der Waals surface area contributed by atoms with Crippen molar-refractivity contribution in [1.82, 2.24) is 14.7 Å². The highest BCUT2D eigenvalue weighted by Gasteiger charge is 2.24. The van der Waals surface area contributed by atoms with Gasteiger partial charge < -0.3 is 4.90 Å². The van der Waals surface area contributed by atoms with Crippen molar-refractivity contribution in [3.05, 3.63) is 14.8 Å². The highest BCUT2D eigenvalue weighted by atomic mass is 79.9. The fourth-order valence-electron chi connectivity index (χ4n) is 2.08. The molecule has 0 N–H and O–H groups in total. The fraction of sp³-hybridized carbons (Fsp3) is 0.692. The summed E-state index contributed by atoms with van der Waals surface area (Å²) in [6, 6.07) is -0.277. The zero-order valence-electron chi connectivity index (χ0n) is 11.9. The third-order valence-electron chi connectivity index (χ3n) is 3.06. The van der Waals surface area contributed by atoms with Gasteiger partial charge in [-0.1, -0.05) is 13.8 Å². The fourth-order valence-corrected chi connectivity index (χ4v) is 2.80. The summed E-state index contributed by atoms with van der Waals surface area (Å²) in [5.74, 6) is 0.134. The standard InChI is InChI=1S/C13H21Br2N3O/c1-5-7-17(8-6-2)13(19)10(4)18-9(3)11(14)12(15)16-18/h10H,5-8H2,1-4H3. The van der Waals surface area contributed by atoms with Gasteiger partial charge in [-0.25, -0.2) is 0 Å². The van der Waals surface area contributed by atoms with Crippen LogP contribution in [0.3, 0.4) is 0 Å². The summed E-state index contributed by atoms with van der Waals surface area (Å²) < 4.78 is 3.42. The molecule has 108 valence electrons. The van der Waals surface area contributed by atoms with Crippen molar-refractivity contribution in [3.8, 4) is 0 Å². The molecule has 1 aromatic rings. The van der Waals surface area contributed by atoms with E-state index in [1.54, 1.807) is 4.68 Å². The predicted octanol–water partition coefficient (Wildman–Crippen LogP) is 3.93. The zero-order chi connectivity index (χ0) is 14.6. The Morgan fingerprint density at radius 3 is 2.21 bits per heavy atom. The van der Waals surface area contributed by atoms with Gasteiger partial charge in [-0.15, -0.1) is 0 Å². The largest absolute Gasteiger partial charge is 0.341 e. The van der Waals surface area contributed by atoms with E-state index in [1.165, 1.54) is 0 Å². The van der Waals surface area contributed by atoms with E-state index >= 15 is 0 Å². The van der Waals surface area contributed by atoms with Crippen LogP contribution >= 0.6 is 31.9 Å². The SMILES string of the molecule is CCCN(CCC)C(=O)C(C)n1nc(Br)c(Br)c1C. The Hall–Kier alpha value is -0.360. The third-order valence-corrected chi connectivity index (χ3v) is 5.10. The lowest BCUT2D eigenvalue weighted by atomic mass is 10.2. The Bertz CT molecular complexity index is 439. The monoisotopic (exact) mass is 393 g/mol. The molecule has 1 amide bonds. The molecule has 1 aromatic heterocycles. The molecule has 0 saturated heterocycles. The summed E-state index contributed by atoms with van der Waals surface area (Å²) in [4.78, 5) is 14.5. The normalized spacial score (nSPS) is 12.5. The first-order valence-electron chi connectivity index (χ1n) is 6.62. The molecule has 1 unspecified atom stereocenters. The lowest BCUT2D eigenvalue weighted by Crippen LogP contribution is -2.38. The quantitative estimate of drug-likeness (QED) is 0.733. The summed E-state index contributed by atoms with van der Waals surface area (Å²) in [7, 11) is 0. The molecule has 0 aromatic carbocycles. The molecule has 1 rings (SSSR count). The first-order chi connectivity index (χ1) is 8.93. The number of hydrogen-bond acceptors (Lipinski definition) is 2. The van der Waals surface area contributed by atoms with Gasteiger partial charge in [0.05, 0.1) is 10.2 Å². The van der Waals surface area contributed by atoms with Gasteiger partial charge in [-0.3, -0.25) is 9.48 Å². The van der Waals surface area contributed by atoms with Gasteiger partial charge in [0.1, 0.15) is 10.6 Å². The lowest BCUT2D eigenvalue weighted by Gasteiger charge is -2.25. The van der Waals surface area contributed by atoms with Crippen LogP contribution < -0.4 is 0 Å². The van der Waals surface area contributed by atoms with E-state index in [4.69, 9.17) is 0 Å². The Kier molecular flexibility index (Phi) is 6.53. The van der Waals surface area contributed by atoms with Crippen LogP contribution in [-0.4, -0.2) is 33.7 Å². The molecule has 0 bridgehead atoms. The topological polar surface area (TPSA) is 38.1 Å². The van der Waals surface area contributed by atoms with Crippen LogP contribution in [0.1, 0.15) is 45.3 Å². The van der Waals surface area contributed by atoms with Crippen LogP contribution in [0.15, 0.2) is 9.08 Å². The molecule has 0 saturated carbocycles. The van der Waals surface area contributed by atoms with Crippen LogP contribution in [0.25, 0.3) is 0 Å². The molecule has 1 atom stereocenters. The average molecular weight is 395 g/mol. The lowest BCUT2D eigenvalue weighted by molar-refractivity contribution is -0.134. The Balaban J connectivity index is 2.93. The van der Waals surface area contributed by atoms with E-state index < -0.39 is 0 Å². The van der Waals surface area contributed by atoms with E-state index in [2.05, 4.69) is 50.8 Å². The molecule has 0 radical (unpaired) electrons. The highest BCUT2D eigenvalue weighted by Crippen LogP contribution is 2.28. The van der Waals surface area contributed by atoms with E-state index in [1.807, 2.05) is 18.7 Å². The molecule has 6 heteroatoms. The molecule has 19 heavy (non-hydrogen) atoms. The maximum atomic E-state index is 12.5.